The van der Waals surface area contributed by atoms with Crippen LogP contribution in [0.3, 0.4) is 0 Å². The standard InChI is InChI=1S/C8H12BrN3O2/c1-5(2)3-6-8(9)10-11-12(6)4-7(13)14/h5H,3-4H2,1-2H3,(H,13,14). The van der Waals surface area contributed by atoms with Crippen molar-refractivity contribution in [2.45, 2.75) is 26.8 Å². The Balaban J connectivity index is 2.88. The zero-order valence-corrected chi connectivity index (χ0v) is 9.65. The first-order valence-electron chi connectivity index (χ1n) is 4.30. The lowest BCUT2D eigenvalue weighted by Crippen LogP contribution is -2.14. The van der Waals surface area contributed by atoms with E-state index in [4.69, 9.17) is 5.11 Å². The number of carbonyl (C=O) groups is 1. The molecule has 0 radical (unpaired) electrons. The van der Waals surface area contributed by atoms with E-state index in [9.17, 15) is 4.79 Å². The van der Waals surface area contributed by atoms with Crippen LogP contribution in [0.4, 0.5) is 0 Å². The number of rotatable bonds is 4. The number of nitrogens with zero attached hydrogens (tertiary/aromatic N) is 3. The molecule has 1 aromatic heterocycles. The van der Waals surface area contributed by atoms with E-state index in [0.717, 1.165) is 12.1 Å². The maximum atomic E-state index is 10.5. The number of aliphatic carboxylic acids is 1. The third kappa shape index (κ3) is 2.80. The average molecular weight is 262 g/mol. The number of hydrogen-bond acceptors (Lipinski definition) is 3. The molecule has 1 rings (SSSR count). The van der Waals surface area contributed by atoms with Crippen molar-refractivity contribution < 1.29 is 9.90 Å². The molecule has 0 aromatic carbocycles. The second kappa shape index (κ2) is 4.54. The van der Waals surface area contributed by atoms with Crippen LogP contribution in [-0.4, -0.2) is 26.1 Å². The molecule has 1 N–H and O–H groups in total. The quantitative estimate of drug-likeness (QED) is 0.888. The van der Waals surface area contributed by atoms with E-state index in [1.54, 1.807) is 0 Å². The number of carboxylic acids is 1. The van der Waals surface area contributed by atoms with E-state index < -0.39 is 5.97 Å². The molecule has 0 aliphatic carbocycles. The maximum Gasteiger partial charge on any atom is 0.325 e. The van der Waals surface area contributed by atoms with E-state index in [-0.39, 0.29) is 6.54 Å². The Kier molecular flexibility index (Phi) is 3.62. The molecule has 0 amide bonds. The van der Waals surface area contributed by atoms with Gasteiger partial charge in [0.05, 0.1) is 5.69 Å². The number of halogens is 1. The molecule has 0 bridgehead atoms. The summed E-state index contributed by atoms with van der Waals surface area (Å²) in [5.74, 6) is -0.468. The monoisotopic (exact) mass is 261 g/mol. The Labute approximate surface area is 90.2 Å². The lowest BCUT2D eigenvalue weighted by molar-refractivity contribution is -0.138. The molecule has 5 nitrogen and oxygen atoms in total. The van der Waals surface area contributed by atoms with E-state index in [2.05, 4.69) is 40.1 Å². The Morgan fingerprint density at radius 1 is 1.64 bits per heavy atom. The highest BCUT2D eigenvalue weighted by molar-refractivity contribution is 9.10. The van der Waals surface area contributed by atoms with E-state index >= 15 is 0 Å². The van der Waals surface area contributed by atoms with Crippen LogP contribution >= 0.6 is 15.9 Å². The Morgan fingerprint density at radius 2 is 2.29 bits per heavy atom. The summed E-state index contributed by atoms with van der Waals surface area (Å²) in [6, 6.07) is 0. The molecular formula is C8H12BrN3O2. The fraction of sp³-hybridized carbons (Fsp3) is 0.625. The smallest absolute Gasteiger partial charge is 0.325 e. The summed E-state index contributed by atoms with van der Waals surface area (Å²) in [5.41, 5.74) is 0.836. The number of aromatic nitrogens is 3. The van der Waals surface area contributed by atoms with E-state index in [0.29, 0.717) is 10.5 Å². The predicted octanol–water partition coefficient (Wildman–Crippen LogP) is 1.32. The minimum atomic E-state index is -0.910. The van der Waals surface area contributed by atoms with Crippen molar-refractivity contribution in [1.82, 2.24) is 15.0 Å². The van der Waals surface area contributed by atoms with Gasteiger partial charge in [0.1, 0.15) is 6.54 Å². The van der Waals surface area contributed by atoms with Gasteiger partial charge in [0, 0.05) is 0 Å². The summed E-state index contributed by atoms with van der Waals surface area (Å²) < 4.78 is 2.04. The molecule has 0 spiro atoms. The second-order valence-electron chi connectivity index (χ2n) is 3.48. The number of carboxylic acid groups (broad SMARTS) is 1. The van der Waals surface area contributed by atoms with Gasteiger partial charge in [-0.15, -0.1) is 5.10 Å². The molecule has 0 atom stereocenters. The van der Waals surface area contributed by atoms with Gasteiger partial charge < -0.3 is 5.11 Å². The zero-order chi connectivity index (χ0) is 10.7. The van der Waals surface area contributed by atoms with Gasteiger partial charge in [0.2, 0.25) is 0 Å². The van der Waals surface area contributed by atoms with Gasteiger partial charge in [-0.25, -0.2) is 4.68 Å². The van der Waals surface area contributed by atoms with Gasteiger partial charge in [0.15, 0.2) is 4.60 Å². The second-order valence-corrected chi connectivity index (χ2v) is 4.23. The van der Waals surface area contributed by atoms with Crippen molar-refractivity contribution in [3.63, 3.8) is 0 Å². The van der Waals surface area contributed by atoms with Crippen LogP contribution in [0, 0.1) is 5.92 Å². The van der Waals surface area contributed by atoms with Crippen LogP contribution in [0.15, 0.2) is 4.60 Å². The summed E-state index contributed by atoms with van der Waals surface area (Å²) in [5, 5.41) is 16.2. The zero-order valence-electron chi connectivity index (χ0n) is 8.07. The predicted molar refractivity (Wildman–Crippen MR) is 53.9 cm³/mol. The minimum Gasteiger partial charge on any atom is -0.480 e. The van der Waals surface area contributed by atoms with Crippen LogP contribution in [0.2, 0.25) is 0 Å². The first-order valence-corrected chi connectivity index (χ1v) is 5.09. The van der Waals surface area contributed by atoms with Gasteiger partial charge in [0.25, 0.3) is 0 Å². The molecular weight excluding hydrogens is 250 g/mol. The molecule has 0 unspecified atom stereocenters. The highest BCUT2D eigenvalue weighted by Gasteiger charge is 2.13. The summed E-state index contributed by atoms with van der Waals surface area (Å²) in [4.78, 5) is 10.5. The molecule has 0 fully saturated rings. The fourth-order valence-corrected chi connectivity index (χ4v) is 1.58. The first-order chi connectivity index (χ1) is 6.50. The van der Waals surface area contributed by atoms with Gasteiger partial charge in [-0.2, -0.15) is 0 Å². The molecule has 0 aliphatic heterocycles. The van der Waals surface area contributed by atoms with Crippen LogP contribution in [0.1, 0.15) is 19.5 Å². The third-order valence-electron chi connectivity index (χ3n) is 1.68. The largest absolute Gasteiger partial charge is 0.480 e. The van der Waals surface area contributed by atoms with Gasteiger partial charge in [-0.05, 0) is 28.3 Å². The lowest BCUT2D eigenvalue weighted by atomic mass is 10.1. The highest BCUT2D eigenvalue weighted by atomic mass is 79.9. The topological polar surface area (TPSA) is 68.0 Å². The average Bonchev–Trinajstić information content (AvgIpc) is 2.34. The highest BCUT2D eigenvalue weighted by Crippen LogP contribution is 2.16. The third-order valence-corrected chi connectivity index (χ3v) is 2.29. The summed E-state index contributed by atoms with van der Waals surface area (Å²) in [6.07, 6.45) is 0.765. The molecule has 0 aliphatic rings. The van der Waals surface area contributed by atoms with Crippen LogP contribution in [0.25, 0.3) is 0 Å². The molecule has 78 valence electrons. The van der Waals surface area contributed by atoms with Crippen LogP contribution in [0.5, 0.6) is 0 Å². The molecule has 14 heavy (non-hydrogen) atoms. The Hall–Kier alpha value is -0.910. The molecule has 1 heterocycles. The fourth-order valence-electron chi connectivity index (χ4n) is 1.14. The lowest BCUT2D eigenvalue weighted by Gasteiger charge is -2.06. The maximum absolute atomic E-state index is 10.5. The van der Waals surface area contributed by atoms with Gasteiger partial charge in [-0.3, -0.25) is 4.79 Å². The Bertz CT molecular complexity index is 335. The Morgan fingerprint density at radius 3 is 2.79 bits per heavy atom. The molecule has 0 saturated carbocycles. The van der Waals surface area contributed by atoms with Crippen molar-refractivity contribution >= 4 is 21.9 Å². The summed E-state index contributed by atoms with van der Waals surface area (Å²) in [6.45, 7) is 3.98. The summed E-state index contributed by atoms with van der Waals surface area (Å²) >= 11 is 3.25. The first kappa shape index (κ1) is 11.2. The van der Waals surface area contributed by atoms with Crippen LogP contribution < -0.4 is 0 Å². The van der Waals surface area contributed by atoms with Gasteiger partial charge >= 0.3 is 5.97 Å². The van der Waals surface area contributed by atoms with Crippen molar-refractivity contribution in [1.29, 1.82) is 0 Å². The molecule has 1 aromatic rings. The minimum absolute atomic E-state index is 0.138. The van der Waals surface area contributed by atoms with Crippen LogP contribution in [-0.2, 0) is 17.8 Å². The van der Waals surface area contributed by atoms with Crippen molar-refractivity contribution in [2.24, 2.45) is 5.92 Å². The number of hydrogen-bond donors (Lipinski definition) is 1. The van der Waals surface area contributed by atoms with Crippen molar-refractivity contribution in [3.8, 4) is 0 Å². The molecule has 0 saturated heterocycles. The van der Waals surface area contributed by atoms with Crippen molar-refractivity contribution in [2.75, 3.05) is 0 Å². The van der Waals surface area contributed by atoms with Crippen molar-refractivity contribution in [3.05, 3.63) is 10.3 Å². The normalized spacial score (nSPS) is 10.9. The molecule has 6 heteroatoms. The van der Waals surface area contributed by atoms with E-state index in [1.165, 1.54) is 4.68 Å². The SMILES string of the molecule is CC(C)Cc1c(Br)nnn1CC(=O)O. The summed E-state index contributed by atoms with van der Waals surface area (Å²) in [7, 11) is 0. The van der Waals surface area contributed by atoms with Gasteiger partial charge in [-0.1, -0.05) is 19.1 Å². The van der Waals surface area contributed by atoms with E-state index in [1.807, 2.05) is 0 Å².